The molecule has 1 aromatic carbocycles. The first-order chi connectivity index (χ1) is 7.13. The van der Waals surface area contributed by atoms with E-state index in [2.05, 4.69) is 27.0 Å². The Morgan fingerprint density at radius 2 is 2.20 bits per heavy atom. The molecule has 2 rings (SSSR count). The molecule has 0 bridgehead atoms. The fourth-order valence-corrected chi connectivity index (χ4v) is 1.92. The average molecular weight is 262 g/mol. The zero-order valence-electron chi connectivity index (χ0n) is 8.08. The lowest BCUT2D eigenvalue weighted by atomic mass is 10.1. The van der Waals surface area contributed by atoms with Crippen LogP contribution < -0.4 is 5.73 Å². The van der Waals surface area contributed by atoms with Gasteiger partial charge in [-0.15, -0.1) is 0 Å². The van der Waals surface area contributed by atoms with Crippen molar-refractivity contribution in [1.82, 2.24) is 4.98 Å². The molecule has 0 amide bonds. The Hall–Kier alpha value is -1.60. The van der Waals surface area contributed by atoms with Crippen molar-refractivity contribution in [2.24, 2.45) is 0 Å². The predicted octanol–water partition coefficient (Wildman–Crippen LogP) is 2.76. The van der Waals surface area contributed by atoms with Crippen molar-refractivity contribution in [3.63, 3.8) is 0 Å². The summed E-state index contributed by atoms with van der Waals surface area (Å²) in [7, 11) is 0. The number of nitrogen functional groups attached to an aromatic ring is 1. The van der Waals surface area contributed by atoms with E-state index < -0.39 is 0 Å². The first-order valence-corrected chi connectivity index (χ1v) is 5.18. The second-order valence-electron chi connectivity index (χ2n) is 3.27. The van der Waals surface area contributed by atoms with Crippen LogP contribution in [0.4, 0.5) is 5.82 Å². The van der Waals surface area contributed by atoms with Gasteiger partial charge >= 0.3 is 0 Å². The van der Waals surface area contributed by atoms with Crippen molar-refractivity contribution in [2.75, 3.05) is 5.73 Å². The molecule has 0 spiro atoms. The summed E-state index contributed by atoms with van der Waals surface area (Å²) in [6, 6.07) is 7.80. The van der Waals surface area contributed by atoms with Gasteiger partial charge in [-0.25, -0.2) is 4.98 Å². The molecule has 0 radical (unpaired) electrons. The fraction of sp³-hybridized carbons (Fsp3) is 0.0909. The highest BCUT2D eigenvalue weighted by atomic mass is 79.9. The van der Waals surface area contributed by atoms with E-state index in [0.29, 0.717) is 11.4 Å². The van der Waals surface area contributed by atoms with Crippen molar-refractivity contribution in [2.45, 2.75) is 6.92 Å². The molecule has 3 nitrogen and oxygen atoms in total. The van der Waals surface area contributed by atoms with Crippen LogP contribution in [0.5, 0.6) is 0 Å². The molecule has 0 atom stereocenters. The molecule has 1 heterocycles. The number of hydrogen-bond donors (Lipinski definition) is 1. The highest BCUT2D eigenvalue weighted by Gasteiger charge is 2.09. The molecule has 0 aliphatic rings. The number of halogens is 1. The van der Waals surface area contributed by atoms with Crippen LogP contribution in [0, 0.1) is 18.3 Å². The van der Waals surface area contributed by atoms with Gasteiger partial charge in [-0.1, -0.05) is 15.9 Å². The minimum atomic E-state index is 0.296. The standard InChI is InChI=1S/C11H8BrN3/c1-6-8-4-7(12)2-3-10(8)15-11(14)9(6)5-13/h2-4H,1H3,(H2,14,15). The number of nitrogens with zero attached hydrogens (tertiary/aromatic N) is 2. The first kappa shape index (κ1) is 9.94. The molecule has 4 heteroatoms. The summed E-state index contributed by atoms with van der Waals surface area (Å²) >= 11 is 3.39. The maximum absolute atomic E-state index is 8.95. The smallest absolute Gasteiger partial charge is 0.142 e. The van der Waals surface area contributed by atoms with Gasteiger partial charge in [-0.05, 0) is 30.7 Å². The summed E-state index contributed by atoms with van der Waals surface area (Å²) in [5.41, 5.74) is 7.84. The Morgan fingerprint density at radius 1 is 1.47 bits per heavy atom. The van der Waals surface area contributed by atoms with Crippen LogP contribution in [0.25, 0.3) is 10.9 Å². The van der Waals surface area contributed by atoms with Crippen LogP contribution in [-0.4, -0.2) is 4.98 Å². The maximum atomic E-state index is 8.95. The number of aromatic nitrogens is 1. The molecule has 2 aromatic rings. The quantitative estimate of drug-likeness (QED) is 0.793. The summed E-state index contributed by atoms with van der Waals surface area (Å²) in [6.07, 6.45) is 0. The molecule has 0 saturated heterocycles. The lowest BCUT2D eigenvalue weighted by Crippen LogP contribution is -1.98. The average Bonchev–Trinajstić information content (AvgIpc) is 2.20. The molecule has 0 unspecified atom stereocenters. The van der Waals surface area contributed by atoms with E-state index in [9.17, 15) is 0 Å². The minimum absolute atomic E-state index is 0.296. The Morgan fingerprint density at radius 3 is 2.87 bits per heavy atom. The van der Waals surface area contributed by atoms with Gasteiger partial charge in [0.1, 0.15) is 11.9 Å². The van der Waals surface area contributed by atoms with Crippen LogP contribution in [0.15, 0.2) is 22.7 Å². The third-order valence-electron chi connectivity index (χ3n) is 2.35. The van der Waals surface area contributed by atoms with E-state index >= 15 is 0 Å². The lowest BCUT2D eigenvalue weighted by Gasteiger charge is -2.06. The van der Waals surface area contributed by atoms with E-state index in [4.69, 9.17) is 11.0 Å². The predicted molar refractivity (Wildman–Crippen MR) is 63.3 cm³/mol. The zero-order chi connectivity index (χ0) is 11.0. The summed E-state index contributed by atoms with van der Waals surface area (Å²) in [6.45, 7) is 1.88. The number of benzene rings is 1. The summed E-state index contributed by atoms with van der Waals surface area (Å²) in [5, 5.41) is 9.90. The van der Waals surface area contributed by atoms with E-state index in [1.807, 2.05) is 25.1 Å². The van der Waals surface area contributed by atoms with Gasteiger partial charge in [-0.3, -0.25) is 0 Å². The Kier molecular flexibility index (Phi) is 2.33. The molecule has 0 aliphatic carbocycles. The fourth-order valence-electron chi connectivity index (χ4n) is 1.56. The van der Waals surface area contributed by atoms with E-state index in [1.165, 1.54) is 0 Å². The normalized spacial score (nSPS) is 10.2. The van der Waals surface area contributed by atoms with Crippen molar-refractivity contribution in [3.8, 4) is 6.07 Å². The van der Waals surface area contributed by atoms with Crippen molar-refractivity contribution in [3.05, 3.63) is 33.8 Å². The molecule has 1 aromatic heterocycles. The molecular formula is C11H8BrN3. The van der Waals surface area contributed by atoms with Crippen LogP contribution in [-0.2, 0) is 0 Å². The molecule has 0 fully saturated rings. The second-order valence-corrected chi connectivity index (χ2v) is 4.19. The van der Waals surface area contributed by atoms with Gasteiger partial charge < -0.3 is 5.73 Å². The maximum Gasteiger partial charge on any atom is 0.142 e. The number of rotatable bonds is 0. The molecule has 0 saturated carbocycles. The van der Waals surface area contributed by atoms with Gasteiger partial charge in [0.2, 0.25) is 0 Å². The molecule has 15 heavy (non-hydrogen) atoms. The molecule has 0 aliphatic heterocycles. The minimum Gasteiger partial charge on any atom is -0.383 e. The van der Waals surface area contributed by atoms with E-state index in [-0.39, 0.29) is 0 Å². The number of anilines is 1. The summed E-state index contributed by atoms with van der Waals surface area (Å²) in [5.74, 6) is 0.296. The lowest BCUT2D eigenvalue weighted by molar-refractivity contribution is 1.33. The highest BCUT2D eigenvalue weighted by Crippen LogP contribution is 2.26. The number of nitrogens with two attached hydrogens (primary N) is 1. The Labute approximate surface area is 95.7 Å². The van der Waals surface area contributed by atoms with Gasteiger partial charge in [0, 0.05) is 9.86 Å². The van der Waals surface area contributed by atoms with Gasteiger partial charge in [-0.2, -0.15) is 5.26 Å². The number of nitriles is 1. The summed E-state index contributed by atoms with van der Waals surface area (Å²) < 4.78 is 0.966. The number of pyridine rings is 1. The molecule has 2 N–H and O–H groups in total. The van der Waals surface area contributed by atoms with Crippen molar-refractivity contribution >= 4 is 32.7 Å². The van der Waals surface area contributed by atoms with Crippen LogP contribution in [0.1, 0.15) is 11.1 Å². The molecular weight excluding hydrogens is 254 g/mol. The number of hydrogen-bond acceptors (Lipinski definition) is 3. The zero-order valence-corrected chi connectivity index (χ0v) is 9.67. The van der Waals surface area contributed by atoms with Crippen molar-refractivity contribution in [1.29, 1.82) is 5.26 Å². The Balaban J connectivity index is 2.94. The van der Waals surface area contributed by atoms with E-state index in [1.54, 1.807) is 0 Å². The van der Waals surface area contributed by atoms with Gasteiger partial charge in [0.25, 0.3) is 0 Å². The first-order valence-electron chi connectivity index (χ1n) is 4.39. The third kappa shape index (κ3) is 1.55. The van der Waals surface area contributed by atoms with Crippen LogP contribution >= 0.6 is 15.9 Å². The Bertz CT molecular complexity index is 584. The second kappa shape index (κ2) is 3.52. The van der Waals surface area contributed by atoms with Gasteiger partial charge in [0.15, 0.2) is 0 Å². The molecule has 74 valence electrons. The highest BCUT2D eigenvalue weighted by molar-refractivity contribution is 9.10. The third-order valence-corrected chi connectivity index (χ3v) is 2.84. The summed E-state index contributed by atoms with van der Waals surface area (Å²) in [4.78, 5) is 4.18. The van der Waals surface area contributed by atoms with Crippen molar-refractivity contribution < 1.29 is 0 Å². The SMILES string of the molecule is Cc1c(C#N)c(N)nc2ccc(Br)cc12. The number of aryl methyl sites for hydroxylation is 1. The van der Waals surface area contributed by atoms with Crippen LogP contribution in [0.2, 0.25) is 0 Å². The van der Waals surface area contributed by atoms with E-state index in [0.717, 1.165) is 20.9 Å². The van der Waals surface area contributed by atoms with Gasteiger partial charge in [0.05, 0.1) is 11.1 Å². The topological polar surface area (TPSA) is 62.7 Å². The number of fused-ring (bicyclic) bond motifs is 1. The van der Waals surface area contributed by atoms with Crippen LogP contribution in [0.3, 0.4) is 0 Å². The largest absolute Gasteiger partial charge is 0.383 e. The monoisotopic (exact) mass is 261 g/mol.